The van der Waals surface area contributed by atoms with Crippen molar-refractivity contribution in [1.82, 2.24) is 15.3 Å². The molecule has 9 nitrogen and oxygen atoms in total. The number of hydrogen-bond acceptors (Lipinski definition) is 7. The molecular weight excluding hydrogens is 438 g/mol. The smallest absolute Gasteiger partial charge is 0.337 e. The third kappa shape index (κ3) is 4.31. The summed E-state index contributed by atoms with van der Waals surface area (Å²) < 4.78 is 9.94. The zero-order chi connectivity index (χ0) is 23.9. The fourth-order valence-corrected chi connectivity index (χ4v) is 6.58. The first kappa shape index (κ1) is 22.6. The molecule has 0 spiro atoms. The minimum atomic E-state index is -0.535. The second-order valence-electron chi connectivity index (χ2n) is 10.1. The average molecular weight is 468 g/mol. The Hall–Kier alpha value is -3.23. The number of benzene rings is 1. The van der Waals surface area contributed by atoms with Gasteiger partial charge in [0.2, 0.25) is 5.91 Å². The Balaban J connectivity index is 1.14. The number of aromatic amines is 1. The van der Waals surface area contributed by atoms with Gasteiger partial charge in [0.15, 0.2) is 0 Å². The lowest BCUT2D eigenvalue weighted by Gasteiger charge is -2.55. The van der Waals surface area contributed by atoms with Gasteiger partial charge in [-0.15, -0.1) is 0 Å². The summed E-state index contributed by atoms with van der Waals surface area (Å²) >= 11 is 0. The zero-order valence-corrected chi connectivity index (χ0v) is 19.2. The number of methoxy groups -OCH3 is 1. The van der Waals surface area contributed by atoms with E-state index in [4.69, 9.17) is 9.47 Å². The monoisotopic (exact) mass is 467 g/mol. The lowest BCUT2D eigenvalue weighted by atomic mass is 9.49. The van der Waals surface area contributed by atoms with Crippen LogP contribution in [0.25, 0.3) is 10.9 Å². The molecule has 0 atom stereocenters. The third-order valence-electron chi connectivity index (χ3n) is 7.68. The van der Waals surface area contributed by atoms with Gasteiger partial charge in [0.05, 0.1) is 30.0 Å². The predicted octanol–water partition coefficient (Wildman–Crippen LogP) is 2.48. The number of fused-ring (bicyclic) bond motifs is 1. The quantitative estimate of drug-likeness (QED) is 0.599. The van der Waals surface area contributed by atoms with E-state index in [1.54, 1.807) is 0 Å². The molecule has 4 aliphatic carbocycles. The summed E-state index contributed by atoms with van der Waals surface area (Å²) in [6.07, 6.45) is 6.80. The highest BCUT2D eigenvalue weighted by atomic mass is 16.5. The third-order valence-corrected chi connectivity index (χ3v) is 7.68. The summed E-state index contributed by atoms with van der Waals surface area (Å²) in [5.41, 5.74) is -0.0578. The van der Waals surface area contributed by atoms with Crippen molar-refractivity contribution in [3.8, 4) is 0 Å². The molecule has 1 aromatic heterocycles. The molecule has 0 radical (unpaired) electrons. The summed E-state index contributed by atoms with van der Waals surface area (Å²) in [7, 11) is 1.27. The van der Waals surface area contributed by atoms with Crippen LogP contribution in [-0.2, 0) is 25.7 Å². The fraction of sp³-hybridized carbons (Fsp3) is 0.560. The van der Waals surface area contributed by atoms with Gasteiger partial charge in [-0.05, 0) is 74.5 Å². The highest BCUT2D eigenvalue weighted by Crippen LogP contribution is 2.60. The topological polar surface area (TPSA) is 127 Å². The Morgan fingerprint density at radius 2 is 1.79 bits per heavy atom. The maximum absolute atomic E-state index is 13.0. The van der Waals surface area contributed by atoms with E-state index >= 15 is 0 Å². The molecular formula is C25H29N3O6. The van der Waals surface area contributed by atoms with Crippen molar-refractivity contribution >= 4 is 28.7 Å². The number of amides is 1. The molecule has 1 amide bonds. The first-order valence-corrected chi connectivity index (χ1v) is 11.9. The molecule has 1 aromatic carbocycles. The van der Waals surface area contributed by atoms with E-state index in [0.717, 1.165) is 19.3 Å². The number of ether oxygens (including phenoxy) is 2. The number of aromatic nitrogens is 2. The maximum Gasteiger partial charge on any atom is 0.337 e. The SMILES string of the molecule is COC(=O)c1ccc2c(=O)[nH]c(COC(=O)CCNC(=O)C34CC5CC(CC(C5)C3)C4)nc2c1. The van der Waals surface area contributed by atoms with Crippen LogP contribution < -0.4 is 10.9 Å². The molecule has 2 N–H and O–H groups in total. The summed E-state index contributed by atoms with van der Waals surface area (Å²) in [5.74, 6) is 1.28. The van der Waals surface area contributed by atoms with E-state index in [1.807, 2.05) is 0 Å². The molecule has 0 saturated heterocycles. The summed E-state index contributed by atoms with van der Waals surface area (Å²) in [4.78, 5) is 56.1. The van der Waals surface area contributed by atoms with Crippen LogP contribution in [0.15, 0.2) is 23.0 Å². The van der Waals surface area contributed by atoms with Crippen LogP contribution in [-0.4, -0.2) is 41.5 Å². The van der Waals surface area contributed by atoms with Gasteiger partial charge in [-0.3, -0.25) is 14.4 Å². The molecule has 9 heteroatoms. The lowest BCUT2D eigenvalue weighted by molar-refractivity contribution is -0.147. The lowest BCUT2D eigenvalue weighted by Crippen LogP contribution is -2.53. The maximum atomic E-state index is 13.0. The van der Waals surface area contributed by atoms with Gasteiger partial charge in [-0.1, -0.05) is 0 Å². The minimum absolute atomic E-state index is 0.0441. The van der Waals surface area contributed by atoms with Crippen LogP contribution >= 0.6 is 0 Å². The second kappa shape index (κ2) is 8.85. The zero-order valence-electron chi connectivity index (χ0n) is 19.2. The van der Waals surface area contributed by atoms with E-state index in [9.17, 15) is 19.2 Å². The average Bonchev–Trinajstić information content (AvgIpc) is 2.81. The molecule has 4 aliphatic rings. The molecule has 180 valence electrons. The van der Waals surface area contributed by atoms with Gasteiger partial charge >= 0.3 is 11.9 Å². The first-order valence-electron chi connectivity index (χ1n) is 11.9. The predicted molar refractivity (Wildman–Crippen MR) is 122 cm³/mol. The van der Waals surface area contributed by atoms with E-state index in [1.165, 1.54) is 44.6 Å². The van der Waals surface area contributed by atoms with Gasteiger partial charge in [-0.2, -0.15) is 0 Å². The number of carbonyl (C=O) groups is 3. The standard InChI is InChI=1S/C25H29N3O6/c1-33-23(31)17-2-3-18-19(9-17)27-20(28-22(18)30)13-34-21(29)4-5-26-24(32)25-10-14-6-15(11-25)8-16(7-14)12-25/h2-3,9,14-16H,4-8,10-13H2,1H3,(H,26,32)(H,27,28,30). The normalized spacial score (nSPS) is 26.9. The summed E-state index contributed by atoms with van der Waals surface area (Å²) in [5, 5.41) is 3.28. The van der Waals surface area contributed by atoms with Crippen LogP contribution in [0.2, 0.25) is 0 Å². The number of rotatable bonds is 7. The van der Waals surface area contributed by atoms with Crippen LogP contribution in [0, 0.1) is 23.2 Å². The van der Waals surface area contributed by atoms with E-state index in [0.29, 0.717) is 28.7 Å². The van der Waals surface area contributed by atoms with Crippen molar-refractivity contribution in [3.05, 3.63) is 39.9 Å². The van der Waals surface area contributed by atoms with Crippen molar-refractivity contribution in [2.45, 2.75) is 51.6 Å². The van der Waals surface area contributed by atoms with Crippen LogP contribution in [0.4, 0.5) is 0 Å². The number of nitrogens with one attached hydrogen (secondary N) is 2. The highest BCUT2D eigenvalue weighted by molar-refractivity contribution is 5.94. The summed E-state index contributed by atoms with van der Waals surface area (Å²) in [6.45, 7) is 0.0129. The molecule has 6 rings (SSSR count). The second-order valence-corrected chi connectivity index (χ2v) is 10.1. The molecule has 0 aliphatic heterocycles. The Morgan fingerprint density at radius 1 is 1.12 bits per heavy atom. The molecule has 2 aromatic rings. The molecule has 4 bridgehead atoms. The molecule has 34 heavy (non-hydrogen) atoms. The molecule has 1 heterocycles. The van der Waals surface area contributed by atoms with Crippen molar-refractivity contribution in [3.63, 3.8) is 0 Å². The highest BCUT2D eigenvalue weighted by Gasteiger charge is 2.54. The first-order chi connectivity index (χ1) is 16.3. The molecule has 4 fully saturated rings. The van der Waals surface area contributed by atoms with Gasteiger partial charge in [0.1, 0.15) is 12.4 Å². The Bertz CT molecular complexity index is 1170. The Labute approximate surface area is 196 Å². The van der Waals surface area contributed by atoms with Gasteiger partial charge in [-0.25, -0.2) is 9.78 Å². The van der Waals surface area contributed by atoms with Gasteiger partial charge < -0.3 is 19.8 Å². The minimum Gasteiger partial charge on any atom is -0.465 e. The number of nitrogens with zero attached hydrogens (tertiary/aromatic N) is 1. The number of H-pyrrole nitrogens is 1. The largest absolute Gasteiger partial charge is 0.465 e. The number of hydrogen-bond donors (Lipinski definition) is 2. The number of esters is 2. The number of carbonyl (C=O) groups excluding carboxylic acids is 3. The Morgan fingerprint density at radius 3 is 2.44 bits per heavy atom. The Kier molecular flexibility index (Phi) is 5.87. The van der Waals surface area contributed by atoms with Gasteiger partial charge in [0, 0.05) is 12.0 Å². The van der Waals surface area contributed by atoms with Crippen molar-refractivity contribution in [1.29, 1.82) is 0 Å². The van der Waals surface area contributed by atoms with Crippen LogP contribution in [0.1, 0.15) is 61.1 Å². The molecule has 4 saturated carbocycles. The van der Waals surface area contributed by atoms with Gasteiger partial charge in [0.25, 0.3) is 5.56 Å². The van der Waals surface area contributed by atoms with Crippen molar-refractivity contribution in [2.75, 3.05) is 13.7 Å². The fourth-order valence-electron chi connectivity index (χ4n) is 6.58. The van der Waals surface area contributed by atoms with Crippen molar-refractivity contribution < 1.29 is 23.9 Å². The van der Waals surface area contributed by atoms with E-state index < -0.39 is 17.5 Å². The van der Waals surface area contributed by atoms with Crippen LogP contribution in [0.3, 0.4) is 0 Å². The summed E-state index contributed by atoms with van der Waals surface area (Å²) in [6, 6.07) is 4.44. The van der Waals surface area contributed by atoms with E-state index in [2.05, 4.69) is 15.3 Å². The molecule has 0 unspecified atom stereocenters. The van der Waals surface area contributed by atoms with E-state index in [-0.39, 0.29) is 42.3 Å². The van der Waals surface area contributed by atoms with Crippen LogP contribution in [0.5, 0.6) is 0 Å². The van der Waals surface area contributed by atoms with Crippen molar-refractivity contribution in [2.24, 2.45) is 23.2 Å².